The molecule has 0 aliphatic heterocycles. The molecule has 0 saturated heterocycles. The van der Waals surface area contributed by atoms with Gasteiger partial charge in [0, 0.05) is 29.1 Å². The fourth-order valence-electron chi connectivity index (χ4n) is 1.99. The Morgan fingerprint density at radius 1 is 1.23 bits per heavy atom. The number of aromatic amines is 1. The molecule has 0 unspecified atom stereocenters. The van der Waals surface area contributed by atoms with Gasteiger partial charge in [-0.1, -0.05) is 0 Å². The second-order valence-corrected chi connectivity index (χ2v) is 3.50. The van der Waals surface area contributed by atoms with Gasteiger partial charge in [-0.2, -0.15) is 0 Å². The van der Waals surface area contributed by atoms with Crippen molar-refractivity contribution >= 4 is 16.7 Å². The Morgan fingerprint density at radius 3 is 3.08 bits per heavy atom. The third-order valence-electron chi connectivity index (χ3n) is 2.70. The lowest BCUT2D eigenvalue weighted by Crippen LogP contribution is -1.90. The van der Waals surface area contributed by atoms with Crippen molar-refractivity contribution in [3.63, 3.8) is 0 Å². The predicted octanol–water partition coefficient (Wildman–Crippen LogP) is 2.30. The number of H-pyrrole nitrogens is 1. The average Bonchev–Trinajstić information content (AvgIpc) is 2.70. The summed E-state index contributed by atoms with van der Waals surface area (Å²) in [6.45, 7) is 0. The first-order chi connectivity index (χ1) is 6.34. The van der Waals surface area contributed by atoms with Gasteiger partial charge in [0.05, 0.1) is 0 Å². The summed E-state index contributed by atoms with van der Waals surface area (Å²) in [4.78, 5) is 14.6. The van der Waals surface area contributed by atoms with Crippen molar-refractivity contribution in [2.75, 3.05) is 0 Å². The number of Topliss-reactive ketones (excluding diaryl/α,β-unsaturated/α-hetero) is 1. The second-order valence-electron chi connectivity index (χ2n) is 3.50. The summed E-state index contributed by atoms with van der Waals surface area (Å²) in [7, 11) is 0. The monoisotopic (exact) mass is 171 g/mol. The van der Waals surface area contributed by atoms with Crippen LogP contribution >= 0.6 is 0 Å². The van der Waals surface area contributed by atoms with Crippen LogP contribution in [0.2, 0.25) is 0 Å². The first-order valence-corrected chi connectivity index (χ1v) is 4.48. The average molecular weight is 171 g/mol. The summed E-state index contributed by atoms with van der Waals surface area (Å²) in [5.74, 6) is 0.290. The first-order valence-electron chi connectivity index (χ1n) is 4.48. The van der Waals surface area contributed by atoms with Crippen molar-refractivity contribution in [3.8, 4) is 0 Å². The number of fused-ring (bicyclic) bond motifs is 2. The molecule has 0 radical (unpaired) electrons. The van der Waals surface area contributed by atoms with E-state index in [0.29, 0.717) is 6.42 Å². The van der Waals surface area contributed by atoms with Crippen molar-refractivity contribution < 1.29 is 4.79 Å². The highest BCUT2D eigenvalue weighted by atomic mass is 16.1. The predicted molar refractivity (Wildman–Crippen MR) is 51.0 cm³/mol. The largest absolute Gasteiger partial charge is 0.361 e. The smallest absolute Gasteiger partial charge is 0.163 e. The molecule has 0 amide bonds. The van der Waals surface area contributed by atoms with Crippen molar-refractivity contribution in [1.29, 1.82) is 0 Å². The maximum Gasteiger partial charge on any atom is 0.163 e. The number of hydrogen-bond acceptors (Lipinski definition) is 1. The molecule has 13 heavy (non-hydrogen) atoms. The van der Waals surface area contributed by atoms with Crippen molar-refractivity contribution in [2.45, 2.75) is 12.8 Å². The molecule has 1 N–H and O–H groups in total. The van der Waals surface area contributed by atoms with Gasteiger partial charge in [0.15, 0.2) is 5.78 Å². The lowest BCUT2D eigenvalue weighted by Gasteiger charge is -1.97. The van der Waals surface area contributed by atoms with Gasteiger partial charge in [-0.15, -0.1) is 0 Å². The Labute approximate surface area is 75.6 Å². The number of aromatic nitrogens is 1. The molecule has 0 bridgehead atoms. The lowest BCUT2D eigenvalue weighted by molar-refractivity contribution is 0.0994. The summed E-state index contributed by atoms with van der Waals surface area (Å²) in [5, 5.41) is 1.13. The third kappa shape index (κ3) is 0.856. The number of ketones is 1. The number of benzene rings is 1. The maximum absolute atomic E-state index is 11.4. The molecular weight excluding hydrogens is 162 g/mol. The minimum absolute atomic E-state index is 0.290. The molecule has 2 heteroatoms. The molecule has 0 fully saturated rings. The zero-order valence-corrected chi connectivity index (χ0v) is 7.13. The summed E-state index contributed by atoms with van der Waals surface area (Å²) in [5.41, 5.74) is 3.25. The quantitative estimate of drug-likeness (QED) is 0.648. The molecule has 1 aliphatic carbocycles. The number of carbonyl (C=O) groups is 1. The van der Waals surface area contributed by atoms with Crippen LogP contribution < -0.4 is 0 Å². The second kappa shape index (κ2) is 2.22. The van der Waals surface area contributed by atoms with Crippen LogP contribution in [-0.4, -0.2) is 10.8 Å². The molecule has 0 saturated carbocycles. The molecule has 1 aromatic carbocycles. The van der Waals surface area contributed by atoms with Crippen molar-refractivity contribution in [3.05, 3.63) is 35.5 Å². The molecule has 64 valence electrons. The normalized spacial score (nSPS) is 15.2. The highest BCUT2D eigenvalue weighted by molar-refractivity contribution is 6.03. The molecule has 1 heterocycles. The topological polar surface area (TPSA) is 32.9 Å². The van der Waals surface area contributed by atoms with Crippen LogP contribution in [0.3, 0.4) is 0 Å². The van der Waals surface area contributed by atoms with Gasteiger partial charge >= 0.3 is 0 Å². The van der Waals surface area contributed by atoms with Gasteiger partial charge in [-0.05, 0) is 30.2 Å². The van der Waals surface area contributed by atoms with Gasteiger partial charge in [-0.3, -0.25) is 4.79 Å². The zero-order chi connectivity index (χ0) is 8.84. The van der Waals surface area contributed by atoms with Crippen LogP contribution in [0.25, 0.3) is 10.9 Å². The van der Waals surface area contributed by atoms with Crippen LogP contribution in [0, 0.1) is 0 Å². The number of hydrogen-bond donors (Lipinski definition) is 1. The van der Waals surface area contributed by atoms with E-state index in [1.807, 2.05) is 18.3 Å². The lowest BCUT2D eigenvalue weighted by atomic mass is 10.1. The van der Waals surface area contributed by atoms with E-state index in [1.165, 1.54) is 5.56 Å². The Morgan fingerprint density at radius 2 is 2.15 bits per heavy atom. The van der Waals surface area contributed by atoms with E-state index in [2.05, 4.69) is 11.1 Å². The number of rotatable bonds is 0. The van der Waals surface area contributed by atoms with E-state index in [4.69, 9.17) is 0 Å². The fraction of sp³-hybridized carbons (Fsp3) is 0.182. The highest BCUT2D eigenvalue weighted by Gasteiger charge is 2.19. The Kier molecular flexibility index (Phi) is 1.18. The van der Waals surface area contributed by atoms with Crippen LogP contribution in [-0.2, 0) is 6.42 Å². The van der Waals surface area contributed by atoms with Crippen LogP contribution in [0.15, 0.2) is 24.4 Å². The minimum atomic E-state index is 0.290. The van der Waals surface area contributed by atoms with E-state index in [0.717, 1.165) is 22.9 Å². The van der Waals surface area contributed by atoms with Gasteiger partial charge in [0.25, 0.3) is 0 Å². The van der Waals surface area contributed by atoms with E-state index in [-0.39, 0.29) is 5.78 Å². The van der Waals surface area contributed by atoms with E-state index in [1.54, 1.807) is 0 Å². The summed E-state index contributed by atoms with van der Waals surface area (Å²) < 4.78 is 0. The van der Waals surface area contributed by atoms with E-state index < -0.39 is 0 Å². The number of carbonyl (C=O) groups excluding carboxylic acids is 1. The van der Waals surface area contributed by atoms with Crippen molar-refractivity contribution in [2.24, 2.45) is 0 Å². The number of aryl methyl sites for hydroxylation is 1. The summed E-state index contributed by atoms with van der Waals surface area (Å²) in [6, 6.07) is 6.09. The third-order valence-corrected chi connectivity index (χ3v) is 2.70. The SMILES string of the molecule is O=C1CCc2cc3[nH]ccc3cc21. The molecule has 3 rings (SSSR count). The minimum Gasteiger partial charge on any atom is -0.361 e. The molecular formula is C11H9NO. The van der Waals surface area contributed by atoms with Crippen LogP contribution in [0.4, 0.5) is 0 Å². The molecule has 1 aliphatic rings. The van der Waals surface area contributed by atoms with Gasteiger partial charge in [-0.25, -0.2) is 0 Å². The maximum atomic E-state index is 11.4. The van der Waals surface area contributed by atoms with E-state index in [9.17, 15) is 4.79 Å². The Hall–Kier alpha value is -1.57. The Balaban J connectivity index is 2.40. The fourth-order valence-corrected chi connectivity index (χ4v) is 1.99. The van der Waals surface area contributed by atoms with Crippen LogP contribution in [0.5, 0.6) is 0 Å². The molecule has 2 nitrogen and oxygen atoms in total. The van der Waals surface area contributed by atoms with Gasteiger partial charge in [0.2, 0.25) is 0 Å². The Bertz CT molecular complexity index is 496. The van der Waals surface area contributed by atoms with Gasteiger partial charge < -0.3 is 4.98 Å². The standard InChI is InChI=1S/C11H9NO/c13-11-2-1-7-6-10-8(3-4-12-10)5-9(7)11/h3-6,12H,1-2H2. The zero-order valence-electron chi connectivity index (χ0n) is 7.13. The van der Waals surface area contributed by atoms with Crippen LogP contribution in [0.1, 0.15) is 22.3 Å². The first kappa shape index (κ1) is 6.89. The van der Waals surface area contributed by atoms with Gasteiger partial charge in [0.1, 0.15) is 0 Å². The van der Waals surface area contributed by atoms with Crippen molar-refractivity contribution in [1.82, 2.24) is 4.98 Å². The summed E-state index contributed by atoms with van der Waals surface area (Å²) >= 11 is 0. The number of nitrogens with one attached hydrogen (secondary N) is 1. The molecule has 0 atom stereocenters. The summed E-state index contributed by atoms with van der Waals surface area (Å²) in [6.07, 6.45) is 3.50. The van der Waals surface area contributed by atoms with E-state index >= 15 is 0 Å². The molecule has 0 spiro atoms. The molecule has 2 aromatic rings. The highest BCUT2D eigenvalue weighted by Crippen LogP contribution is 2.26. The molecule has 1 aromatic heterocycles.